The standard InChI is InChI=1S/C18H13ClIN3OS/c19-11-5-7-12(8-6-11)23-17(14-9-25-10-16(14)22-23)21-18(24)13-3-1-2-4-15(13)20/h1-8H,9-10H2,(H,21,24). The monoisotopic (exact) mass is 481 g/mol. The summed E-state index contributed by atoms with van der Waals surface area (Å²) < 4.78 is 2.72. The lowest BCUT2D eigenvalue weighted by atomic mass is 10.2. The van der Waals surface area contributed by atoms with E-state index in [1.165, 1.54) is 0 Å². The number of nitrogens with zero attached hydrogens (tertiary/aromatic N) is 2. The van der Waals surface area contributed by atoms with Gasteiger partial charge in [0.05, 0.1) is 16.9 Å². The molecule has 1 amide bonds. The molecular weight excluding hydrogens is 469 g/mol. The number of amides is 1. The van der Waals surface area contributed by atoms with Crippen molar-refractivity contribution in [2.75, 3.05) is 5.32 Å². The van der Waals surface area contributed by atoms with Crippen LogP contribution in [-0.4, -0.2) is 15.7 Å². The molecule has 4 nitrogen and oxygen atoms in total. The Balaban J connectivity index is 1.75. The van der Waals surface area contributed by atoms with Crippen molar-refractivity contribution in [1.29, 1.82) is 0 Å². The van der Waals surface area contributed by atoms with Gasteiger partial charge in [-0.1, -0.05) is 23.7 Å². The Bertz CT molecular complexity index is 955. The quantitative estimate of drug-likeness (QED) is 0.528. The third-order valence-electron chi connectivity index (χ3n) is 3.97. The largest absolute Gasteiger partial charge is 0.306 e. The number of carbonyl (C=O) groups is 1. The van der Waals surface area contributed by atoms with Crippen LogP contribution in [0.5, 0.6) is 0 Å². The number of halogens is 2. The minimum Gasteiger partial charge on any atom is -0.306 e. The number of aromatic nitrogens is 2. The first-order valence-corrected chi connectivity index (χ1v) is 10.2. The van der Waals surface area contributed by atoms with Gasteiger partial charge in [0.15, 0.2) is 0 Å². The summed E-state index contributed by atoms with van der Waals surface area (Å²) in [5.74, 6) is 2.33. The van der Waals surface area contributed by atoms with E-state index >= 15 is 0 Å². The zero-order valence-electron chi connectivity index (χ0n) is 13.0. The number of carbonyl (C=O) groups excluding carboxylic acids is 1. The van der Waals surface area contributed by atoms with Gasteiger partial charge in [-0.3, -0.25) is 4.79 Å². The Morgan fingerprint density at radius 2 is 1.92 bits per heavy atom. The van der Waals surface area contributed by atoms with E-state index in [0.29, 0.717) is 10.6 Å². The highest BCUT2D eigenvalue weighted by atomic mass is 127. The summed E-state index contributed by atoms with van der Waals surface area (Å²) in [4.78, 5) is 12.8. The third-order valence-corrected chi connectivity index (χ3v) is 6.14. The summed E-state index contributed by atoms with van der Waals surface area (Å²) in [6.45, 7) is 0. The molecule has 7 heteroatoms. The summed E-state index contributed by atoms with van der Waals surface area (Å²) in [6.07, 6.45) is 0. The molecule has 0 saturated carbocycles. The first-order valence-electron chi connectivity index (χ1n) is 7.64. The minimum absolute atomic E-state index is 0.125. The van der Waals surface area contributed by atoms with Gasteiger partial charge in [0.25, 0.3) is 5.91 Å². The highest BCUT2D eigenvalue weighted by Gasteiger charge is 2.25. The molecule has 2 aromatic carbocycles. The highest BCUT2D eigenvalue weighted by Crippen LogP contribution is 2.36. The molecule has 3 aromatic rings. The summed E-state index contributed by atoms with van der Waals surface area (Å²) in [6, 6.07) is 15.0. The molecule has 126 valence electrons. The number of hydrogen-bond donors (Lipinski definition) is 1. The van der Waals surface area contributed by atoms with Gasteiger partial charge in [-0.15, -0.1) is 0 Å². The lowest BCUT2D eigenvalue weighted by Crippen LogP contribution is -2.17. The third kappa shape index (κ3) is 3.30. The second kappa shape index (κ2) is 7.01. The zero-order chi connectivity index (χ0) is 17.4. The van der Waals surface area contributed by atoms with E-state index in [1.54, 1.807) is 16.4 Å². The molecule has 0 fully saturated rings. The Hall–Kier alpha value is -1.51. The van der Waals surface area contributed by atoms with Crippen LogP contribution in [0.2, 0.25) is 5.02 Å². The van der Waals surface area contributed by atoms with Crippen molar-refractivity contribution in [2.45, 2.75) is 11.5 Å². The average Bonchev–Trinajstić information content (AvgIpc) is 3.19. The van der Waals surface area contributed by atoms with Crippen LogP contribution in [0.25, 0.3) is 5.69 Å². The van der Waals surface area contributed by atoms with Crippen molar-refractivity contribution in [3.8, 4) is 5.69 Å². The normalized spacial score (nSPS) is 12.9. The Morgan fingerprint density at radius 3 is 2.68 bits per heavy atom. The molecule has 0 bridgehead atoms. The molecule has 0 saturated heterocycles. The highest BCUT2D eigenvalue weighted by molar-refractivity contribution is 14.1. The van der Waals surface area contributed by atoms with Crippen molar-refractivity contribution >= 4 is 57.7 Å². The molecule has 0 spiro atoms. The Morgan fingerprint density at radius 1 is 1.16 bits per heavy atom. The molecule has 1 aromatic heterocycles. The lowest BCUT2D eigenvalue weighted by molar-refractivity contribution is 0.102. The molecule has 4 rings (SSSR count). The molecule has 25 heavy (non-hydrogen) atoms. The Kier molecular flexibility index (Phi) is 4.75. The summed E-state index contributed by atoms with van der Waals surface area (Å²) in [5.41, 5.74) is 3.66. The van der Waals surface area contributed by atoms with E-state index in [0.717, 1.165) is 37.8 Å². The van der Waals surface area contributed by atoms with Gasteiger partial charge in [-0.2, -0.15) is 16.9 Å². The molecule has 1 aliphatic heterocycles. The lowest BCUT2D eigenvalue weighted by Gasteiger charge is -2.12. The summed E-state index contributed by atoms with van der Waals surface area (Å²) >= 11 is 9.97. The van der Waals surface area contributed by atoms with Gasteiger partial charge < -0.3 is 5.32 Å². The zero-order valence-corrected chi connectivity index (χ0v) is 16.7. The van der Waals surface area contributed by atoms with Crippen LogP contribution in [-0.2, 0) is 11.5 Å². The summed E-state index contributed by atoms with van der Waals surface area (Å²) in [5, 5.41) is 8.44. The van der Waals surface area contributed by atoms with E-state index in [2.05, 4.69) is 27.9 Å². The van der Waals surface area contributed by atoms with E-state index in [1.807, 2.05) is 48.5 Å². The van der Waals surface area contributed by atoms with Gasteiger partial charge in [-0.05, 0) is 59.0 Å². The maximum Gasteiger partial charge on any atom is 0.257 e. The Labute approximate surface area is 168 Å². The van der Waals surface area contributed by atoms with Crippen molar-refractivity contribution in [3.63, 3.8) is 0 Å². The second-order valence-corrected chi connectivity index (χ2v) is 8.17. The average molecular weight is 482 g/mol. The van der Waals surface area contributed by atoms with Gasteiger partial charge in [0.2, 0.25) is 0 Å². The second-order valence-electron chi connectivity index (χ2n) is 5.59. The van der Waals surface area contributed by atoms with Crippen LogP contribution in [0.4, 0.5) is 5.82 Å². The van der Waals surface area contributed by atoms with Gasteiger partial charge in [-0.25, -0.2) is 4.68 Å². The predicted octanol–water partition coefficient (Wildman–Crippen LogP) is 5.13. The number of fused-ring (bicyclic) bond motifs is 1. The molecule has 0 aliphatic carbocycles. The molecule has 0 atom stereocenters. The fourth-order valence-electron chi connectivity index (χ4n) is 2.73. The minimum atomic E-state index is -0.125. The fourth-order valence-corrected chi connectivity index (χ4v) is 4.52. The first kappa shape index (κ1) is 16.9. The number of hydrogen-bond acceptors (Lipinski definition) is 3. The van der Waals surface area contributed by atoms with Crippen molar-refractivity contribution in [1.82, 2.24) is 9.78 Å². The van der Waals surface area contributed by atoms with E-state index < -0.39 is 0 Å². The van der Waals surface area contributed by atoms with Crippen LogP contribution in [0.1, 0.15) is 21.6 Å². The maximum atomic E-state index is 12.8. The van der Waals surface area contributed by atoms with E-state index in [4.69, 9.17) is 16.7 Å². The van der Waals surface area contributed by atoms with Gasteiger partial charge in [0.1, 0.15) is 5.82 Å². The topological polar surface area (TPSA) is 46.9 Å². The SMILES string of the molecule is O=C(Nc1c2c(nn1-c1ccc(Cl)cc1)CSC2)c1ccccc1I. The number of nitrogens with one attached hydrogen (secondary N) is 1. The van der Waals surface area contributed by atoms with Crippen LogP contribution < -0.4 is 5.32 Å². The maximum absolute atomic E-state index is 12.8. The van der Waals surface area contributed by atoms with Crippen molar-refractivity contribution in [3.05, 3.63) is 73.9 Å². The van der Waals surface area contributed by atoms with Crippen LogP contribution in [0, 0.1) is 3.57 Å². The molecule has 1 aliphatic rings. The molecule has 0 radical (unpaired) electrons. The predicted molar refractivity (Wildman–Crippen MR) is 111 cm³/mol. The summed E-state index contributed by atoms with van der Waals surface area (Å²) in [7, 11) is 0. The number of rotatable bonds is 3. The molecule has 0 unspecified atom stereocenters. The van der Waals surface area contributed by atoms with Crippen LogP contribution in [0.15, 0.2) is 48.5 Å². The molecular formula is C18H13ClIN3OS. The van der Waals surface area contributed by atoms with Gasteiger partial charge in [0, 0.05) is 25.7 Å². The van der Waals surface area contributed by atoms with Gasteiger partial charge >= 0.3 is 0 Å². The van der Waals surface area contributed by atoms with E-state index in [9.17, 15) is 4.79 Å². The number of benzene rings is 2. The smallest absolute Gasteiger partial charge is 0.257 e. The molecule has 1 N–H and O–H groups in total. The fraction of sp³-hybridized carbons (Fsp3) is 0.111. The van der Waals surface area contributed by atoms with Crippen LogP contribution in [0.3, 0.4) is 0 Å². The van der Waals surface area contributed by atoms with Crippen molar-refractivity contribution in [2.24, 2.45) is 0 Å². The van der Waals surface area contributed by atoms with E-state index in [-0.39, 0.29) is 5.91 Å². The van der Waals surface area contributed by atoms with Crippen molar-refractivity contribution < 1.29 is 4.79 Å². The molecule has 2 heterocycles. The number of thioether (sulfide) groups is 1. The number of anilines is 1. The first-order chi connectivity index (χ1) is 12.1. The van der Waals surface area contributed by atoms with Crippen LogP contribution >= 0.6 is 46.0 Å².